The van der Waals surface area contributed by atoms with Crippen LogP contribution in [0.2, 0.25) is 0 Å². The van der Waals surface area contributed by atoms with Crippen molar-refractivity contribution in [3.05, 3.63) is 124 Å². The lowest BCUT2D eigenvalue weighted by molar-refractivity contribution is 0.599. The summed E-state index contributed by atoms with van der Waals surface area (Å²) in [5.41, 5.74) is 20.4. The molecule has 0 atom stereocenters. The first-order valence-electron chi connectivity index (χ1n) is 13.6. The summed E-state index contributed by atoms with van der Waals surface area (Å²) >= 11 is 0. The number of hydrogen-bond donors (Lipinski definition) is 0. The SMILES string of the molecule is C=C=CC(=C/C)/C(=C\C=C)c1c(C)c2c(c3c1-c1ccc(C)cc1C3(C)C)C(C)(C)C(=C/C)/C2=C\CC. The van der Waals surface area contributed by atoms with Crippen LogP contribution in [-0.4, -0.2) is 0 Å². The normalized spacial score (nSPS) is 19.5. The lowest BCUT2D eigenvalue weighted by atomic mass is 9.70. The van der Waals surface area contributed by atoms with Crippen LogP contribution in [0.4, 0.5) is 0 Å². The van der Waals surface area contributed by atoms with Gasteiger partial charge >= 0.3 is 0 Å². The van der Waals surface area contributed by atoms with Crippen molar-refractivity contribution in [1.29, 1.82) is 0 Å². The largest absolute Gasteiger partial charge is 0.128 e. The zero-order valence-corrected chi connectivity index (χ0v) is 24.3. The highest BCUT2D eigenvalue weighted by atomic mass is 14.5. The number of aryl methyl sites for hydroxylation is 1. The molecule has 0 spiro atoms. The molecule has 0 saturated heterocycles. The van der Waals surface area contributed by atoms with E-state index in [4.69, 9.17) is 0 Å². The Labute approximate surface area is 225 Å². The van der Waals surface area contributed by atoms with E-state index in [0.717, 1.165) is 12.0 Å². The molecule has 37 heavy (non-hydrogen) atoms. The van der Waals surface area contributed by atoms with Gasteiger partial charge in [0.1, 0.15) is 0 Å². The van der Waals surface area contributed by atoms with E-state index in [1.165, 1.54) is 66.8 Å². The molecule has 0 aliphatic heterocycles. The predicted molar refractivity (Wildman–Crippen MR) is 164 cm³/mol. The molecule has 2 aromatic rings. The lowest BCUT2D eigenvalue weighted by Crippen LogP contribution is -2.25. The fourth-order valence-corrected chi connectivity index (χ4v) is 7.00. The highest BCUT2D eigenvalue weighted by Crippen LogP contribution is 2.62. The van der Waals surface area contributed by atoms with Gasteiger partial charge in [0.15, 0.2) is 0 Å². The fraction of sp³-hybridized carbons (Fsp3) is 0.324. The van der Waals surface area contributed by atoms with Gasteiger partial charge in [-0.1, -0.05) is 102 Å². The molecule has 0 N–H and O–H groups in total. The van der Waals surface area contributed by atoms with Crippen LogP contribution in [0, 0.1) is 13.8 Å². The van der Waals surface area contributed by atoms with E-state index in [2.05, 4.69) is 124 Å². The molecule has 0 unspecified atom stereocenters. The van der Waals surface area contributed by atoms with E-state index >= 15 is 0 Å². The first kappa shape index (κ1) is 26.7. The van der Waals surface area contributed by atoms with Crippen molar-refractivity contribution in [3.63, 3.8) is 0 Å². The van der Waals surface area contributed by atoms with Crippen LogP contribution in [0.1, 0.15) is 93.8 Å². The van der Waals surface area contributed by atoms with Gasteiger partial charge in [0.05, 0.1) is 0 Å². The Morgan fingerprint density at radius 1 is 1.00 bits per heavy atom. The number of rotatable bonds is 5. The molecule has 0 aromatic heterocycles. The Kier molecular flexibility index (Phi) is 6.87. The lowest BCUT2D eigenvalue weighted by Gasteiger charge is -2.32. The maximum atomic E-state index is 4.10. The molecule has 2 aliphatic rings. The summed E-state index contributed by atoms with van der Waals surface area (Å²) in [5.74, 6) is 0. The van der Waals surface area contributed by atoms with E-state index in [0.29, 0.717) is 0 Å². The number of hydrogen-bond acceptors (Lipinski definition) is 0. The van der Waals surface area contributed by atoms with Gasteiger partial charge in [-0.25, -0.2) is 0 Å². The summed E-state index contributed by atoms with van der Waals surface area (Å²) in [7, 11) is 0. The average Bonchev–Trinajstić information content (AvgIpc) is 3.20. The maximum Gasteiger partial charge on any atom is 0.0162 e. The van der Waals surface area contributed by atoms with Crippen LogP contribution in [0.3, 0.4) is 0 Å². The molecular formula is C37H42. The van der Waals surface area contributed by atoms with Crippen LogP contribution >= 0.6 is 0 Å². The molecule has 190 valence electrons. The third-order valence-electron chi connectivity index (χ3n) is 8.48. The van der Waals surface area contributed by atoms with Gasteiger partial charge in [-0.15, -0.1) is 5.73 Å². The highest BCUT2D eigenvalue weighted by Gasteiger charge is 2.49. The van der Waals surface area contributed by atoms with Gasteiger partial charge in [0, 0.05) is 10.8 Å². The van der Waals surface area contributed by atoms with Crippen LogP contribution in [-0.2, 0) is 10.8 Å². The van der Waals surface area contributed by atoms with Crippen molar-refractivity contribution in [2.24, 2.45) is 0 Å². The summed E-state index contributed by atoms with van der Waals surface area (Å²) in [5, 5.41) is 0. The zero-order chi connectivity index (χ0) is 27.3. The van der Waals surface area contributed by atoms with E-state index in [9.17, 15) is 0 Å². The second-order valence-corrected chi connectivity index (χ2v) is 11.4. The van der Waals surface area contributed by atoms with Gasteiger partial charge in [-0.3, -0.25) is 0 Å². The Balaban J connectivity index is 2.35. The third-order valence-corrected chi connectivity index (χ3v) is 8.48. The average molecular weight is 487 g/mol. The summed E-state index contributed by atoms with van der Waals surface area (Å²) in [6, 6.07) is 7.01. The van der Waals surface area contributed by atoms with Gasteiger partial charge in [0.2, 0.25) is 0 Å². The predicted octanol–water partition coefficient (Wildman–Crippen LogP) is 10.5. The molecule has 4 rings (SSSR count). The molecule has 0 fully saturated rings. The molecule has 0 heteroatoms. The number of benzene rings is 2. The van der Waals surface area contributed by atoms with Crippen molar-refractivity contribution in [1.82, 2.24) is 0 Å². The Morgan fingerprint density at radius 2 is 1.68 bits per heavy atom. The second kappa shape index (κ2) is 9.51. The first-order valence-corrected chi connectivity index (χ1v) is 13.6. The zero-order valence-electron chi connectivity index (χ0n) is 24.3. The maximum absolute atomic E-state index is 4.10. The Bertz CT molecular complexity index is 1480. The fourth-order valence-electron chi connectivity index (χ4n) is 7.00. The highest BCUT2D eigenvalue weighted by molar-refractivity contribution is 6.03. The van der Waals surface area contributed by atoms with Crippen molar-refractivity contribution >= 4 is 11.1 Å². The van der Waals surface area contributed by atoms with Gasteiger partial charge in [0.25, 0.3) is 0 Å². The van der Waals surface area contributed by atoms with Gasteiger partial charge in [-0.2, -0.15) is 0 Å². The quantitative estimate of drug-likeness (QED) is 0.291. The van der Waals surface area contributed by atoms with Crippen molar-refractivity contribution in [2.45, 2.75) is 79.6 Å². The smallest absolute Gasteiger partial charge is 0.0162 e. The van der Waals surface area contributed by atoms with Crippen LogP contribution in [0.25, 0.3) is 22.3 Å². The van der Waals surface area contributed by atoms with Gasteiger partial charge in [-0.05, 0) is 107 Å². The summed E-state index contributed by atoms with van der Waals surface area (Å²) in [6.45, 7) is 28.7. The second-order valence-electron chi connectivity index (χ2n) is 11.4. The van der Waals surface area contributed by atoms with Crippen molar-refractivity contribution < 1.29 is 0 Å². The van der Waals surface area contributed by atoms with E-state index in [1.807, 2.05) is 12.2 Å². The van der Waals surface area contributed by atoms with E-state index < -0.39 is 0 Å². The van der Waals surface area contributed by atoms with Crippen LogP contribution in [0.15, 0.2) is 84.7 Å². The van der Waals surface area contributed by atoms with Crippen LogP contribution < -0.4 is 0 Å². The Morgan fingerprint density at radius 3 is 2.24 bits per heavy atom. The molecular weight excluding hydrogens is 444 g/mol. The minimum Gasteiger partial charge on any atom is -0.128 e. The minimum atomic E-state index is -0.120. The van der Waals surface area contributed by atoms with E-state index in [-0.39, 0.29) is 10.8 Å². The molecule has 0 bridgehead atoms. The topological polar surface area (TPSA) is 0 Å². The minimum absolute atomic E-state index is 0.0838. The van der Waals surface area contributed by atoms with Crippen LogP contribution in [0.5, 0.6) is 0 Å². The third kappa shape index (κ3) is 3.74. The number of fused-ring (bicyclic) bond motifs is 5. The standard InChI is InChI=1S/C37H42/c1-12-17-25(15-4)26(18-13-2)31-24(7)32-27(19-14-3)29(16-5)36(8,9)34(32)35-33(31)28-21-20-23(6)22-30(28)37(35,10)11/h13,15-22H,1-2,14H2,3-11H3/b25-15-,26-18+,27-19+,29-16+. The molecule has 0 amide bonds. The first-order chi connectivity index (χ1) is 17.5. The number of allylic oxidation sites excluding steroid dienone is 10. The molecule has 0 nitrogen and oxygen atoms in total. The Hall–Kier alpha value is -3.34. The van der Waals surface area contributed by atoms with Crippen molar-refractivity contribution in [2.75, 3.05) is 0 Å². The molecule has 0 radical (unpaired) electrons. The molecule has 2 aromatic carbocycles. The summed E-state index contributed by atoms with van der Waals surface area (Å²) in [4.78, 5) is 0. The van der Waals surface area contributed by atoms with Crippen molar-refractivity contribution in [3.8, 4) is 11.1 Å². The van der Waals surface area contributed by atoms with E-state index in [1.54, 1.807) is 0 Å². The monoisotopic (exact) mass is 486 g/mol. The van der Waals surface area contributed by atoms with Gasteiger partial charge < -0.3 is 0 Å². The summed E-state index contributed by atoms with van der Waals surface area (Å²) in [6.07, 6.45) is 14.0. The molecule has 0 saturated carbocycles. The molecule has 0 heterocycles. The summed E-state index contributed by atoms with van der Waals surface area (Å²) < 4.78 is 0. The molecule has 2 aliphatic carbocycles.